The number of hydrogen-bond acceptors (Lipinski definition) is 5. The summed E-state index contributed by atoms with van der Waals surface area (Å²) in [6.07, 6.45) is 4.15. The van der Waals surface area contributed by atoms with E-state index in [9.17, 15) is 4.79 Å². The second-order valence-electron chi connectivity index (χ2n) is 3.35. The van der Waals surface area contributed by atoms with Crippen molar-refractivity contribution in [1.29, 1.82) is 0 Å². The number of ether oxygens (including phenoxy) is 2. The Morgan fingerprint density at radius 3 is 2.33 bits per heavy atom. The first kappa shape index (κ1) is 14.3. The largest absolute Gasteiger partial charge is 0.465 e. The maximum atomic E-state index is 11.3. The number of carbonyl (C=O) groups excluding carboxylic acids is 1. The second-order valence-corrected chi connectivity index (χ2v) is 3.35. The molecule has 0 fully saturated rings. The summed E-state index contributed by atoms with van der Waals surface area (Å²) in [7, 11) is 2.52. The van der Waals surface area contributed by atoms with Crippen LogP contribution < -0.4 is 0 Å². The molecule has 1 unspecified atom stereocenters. The molecule has 0 heterocycles. The van der Waals surface area contributed by atoms with E-state index in [1.165, 1.54) is 14.2 Å². The van der Waals surface area contributed by atoms with Crippen LogP contribution in [0.1, 0.15) is 39.0 Å². The lowest BCUT2D eigenvalue weighted by Crippen LogP contribution is -2.43. The van der Waals surface area contributed by atoms with E-state index in [2.05, 4.69) is 16.5 Å². The Kier molecular flexibility index (Phi) is 7.29. The molecule has 0 radical (unpaired) electrons. The van der Waals surface area contributed by atoms with E-state index in [0.717, 1.165) is 25.7 Å². The van der Waals surface area contributed by atoms with Crippen molar-refractivity contribution in [2.24, 2.45) is 0 Å². The molecule has 0 aromatic heterocycles. The van der Waals surface area contributed by atoms with Gasteiger partial charge in [-0.3, -0.25) is 0 Å². The monoisotopic (exact) mass is 220 g/mol. The van der Waals surface area contributed by atoms with Crippen LogP contribution in [0.2, 0.25) is 0 Å². The third-order valence-electron chi connectivity index (χ3n) is 2.33. The zero-order chi connectivity index (χ0) is 11.7. The number of esters is 1. The van der Waals surface area contributed by atoms with Crippen molar-refractivity contribution in [3.8, 4) is 0 Å². The van der Waals surface area contributed by atoms with Gasteiger partial charge in [-0.15, -0.1) is 0 Å². The van der Waals surface area contributed by atoms with Gasteiger partial charge in [0, 0.05) is 13.5 Å². The zero-order valence-electron chi connectivity index (χ0n) is 9.62. The number of rotatable bonds is 8. The molecular weight excluding hydrogens is 200 g/mol. The highest BCUT2D eigenvalue weighted by Crippen LogP contribution is 2.21. The molecule has 0 saturated heterocycles. The Hall–Kier alpha value is -0.650. The predicted octanol–water partition coefficient (Wildman–Crippen LogP) is 1.96. The van der Waals surface area contributed by atoms with E-state index < -0.39 is 11.8 Å². The summed E-state index contributed by atoms with van der Waals surface area (Å²) >= 11 is 0. The van der Waals surface area contributed by atoms with Gasteiger partial charge in [-0.05, 0) is 6.42 Å². The Labute approximate surface area is 90.2 Å². The lowest BCUT2D eigenvalue weighted by molar-refractivity contribution is -0.387. The van der Waals surface area contributed by atoms with Crippen LogP contribution in [0, 0.1) is 0 Å². The first-order valence-corrected chi connectivity index (χ1v) is 5.13. The molecule has 15 heavy (non-hydrogen) atoms. The Bertz CT molecular complexity index is 177. The van der Waals surface area contributed by atoms with Crippen LogP contribution in [0.3, 0.4) is 0 Å². The highest BCUT2D eigenvalue weighted by atomic mass is 17.1. The maximum Gasteiger partial charge on any atom is 0.369 e. The summed E-state index contributed by atoms with van der Waals surface area (Å²) in [6, 6.07) is 0. The third-order valence-corrected chi connectivity index (χ3v) is 2.33. The summed E-state index contributed by atoms with van der Waals surface area (Å²) in [4.78, 5) is 15.5. The third kappa shape index (κ3) is 4.15. The number of hydrogen-bond donors (Lipinski definition) is 1. The maximum absolute atomic E-state index is 11.3. The Morgan fingerprint density at radius 2 is 1.93 bits per heavy atom. The molecule has 0 aliphatic carbocycles. The topological polar surface area (TPSA) is 65.0 Å². The van der Waals surface area contributed by atoms with Gasteiger partial charge >= 0.3 is 5.97 Å². The normalized spacial score (nSPS) is 14.7. The Balaban J connectivity index is 4.18. The van der Waals surface area contributed by atoms with Crippen LogP contribution in [0.4, 0.5) is 0 Å². The first-order chi connectivity index (χ1) is 7.16. The van der Waals surface area contributed by atoms with Gasteiger partial charge in [0.2, 0.25) is 0 Å². The standard InChI is InChI=1S/C10H20O5/c1-4-5-6-7-8-10(14-3,15-12)9(11)13-2/h12H,4-8H2,1-3H3. The molecule has 0 aromatic carbocycles. The summed E-state index contributed by atoms with van der Waals surface area (Å²) in [5, 5.41) is 8.71. The van der Waals surface area contributed by atoms with Crippen molar-refractivity contribution >= 4 is 5.97 Å². The van der Waals surface area contributed by atoms with E-state index >= 15 is 0 Å². The van der Waals surface area contributed by atoms with Crippen molar-refractivity contribution in [2.45, 2.75) is 44.8 Å². The van der Waals surface area contributed by atoms with Crippen molar-refractivity contribution < 1.29 is 24.4 Å². The van der Waals surface area contributed by atoms with Crippen LogP contribution in [-0.4, -0.2) is 31.2 Å². The molecule has 0 saturated carbocycles. The van der Waals surface area contributed by atoms with Crippen LogP contribution in [0.25, 0.3) is 0 Å². The van der Waals surface area contributed by atoms with Crippen molar-refractivity contribution in [1.82, 2.24) is 0 Å². The first-order valence-electron chi connectivity index (χ1n) is 5.13. The van der Waals surface area contributed by atoms with E-state index in [-0.39, 0.29) is 6.42 Å². The lowest BCUT2D eigenvalue weighted by atomic mass is 10.1. The minimum atomic E-state index is -1.66. The van der Waals surface area contributed by atoms with Gasteiger partial charge in [0.1, 0.15) is 0 Å². The highest BCUT2D eigenvalue weighted by molar-refractivity contribution is 5.77. The van der Waals surface area contributed by atoms with E-state index in [4.69, 9.17) is 9.99 Å². The molecule has 5 nitrogen and oxygen atoms in total. The molecule has 5 heteroatoms. The fourth-order valence-corrected chi connectivity index (χ4v) is 1.35. The van der Waals surface area contributed by atoms with Crippen LogP contribution in [0.15, 0.2) is 0 Å². The van der Waals surface area contributed by atoms with E-state index in [1.807, 2.05) is 0 Å². The molecule has 0 aliphatic heterocycles. The molecule has 1 N–H and O–H groups in total. The average Bonchev–Trinajstić information content (AvgIpc) is 2.29. The zero-order valence-corrected chi connectivity index (χ0v) is 9.62. The lowest BCUT2D eigenvalue weighted by Gasteiger charge is -2.25. The fraction of sp³-hybridized carbons (Fsp3) is 0.900. The SMILES string of the molecule is CCCCCCC(OC)(OO)C(=O)OC. The fourth-order valence-electron chi connectivity index (χ4n) is 1.35. The summed E-state index contributed by atoms with van der Waals surface area (Å²) in [6.45, 7) is 2.09. The molecule has 0 bridgehead atoms. The Morgan fingerprint density at radius 1 is 1.27 bits per heavy atom. The van der Waals surface area contributed by atoms with Crippen molar-refractivity contribution in [2.75, 3.05) is 14.2 Å². The van der Waals surface area contributed by atoms with Crippen molar-refractivity contribution in [3.05, 3.63) is 0 Å². The van der Waals surface area contributed by atoms with E-state index in [1.54, 1.807) is 0 Å². The van der Waals surface area contributed by atoms with Gasteiger partial charge in [0.05, 0.1) is 7.11 Å². The molecule has 0 amide bonds. The quantitative estimate of drug-likeness (QED) is 0.223. The minimum Gasteiger partial charge on any atom is -0.465 e. The van der Waals surface area contributed by atoms with Gasteiger partial charge in [-0.25, -0.2) is 10.1 Å². The summed E-state index contributed by atoms with van der Waals surface area (Å²) in [5.74, 6) is -2.38. The highest BCUT2D eigenvalue weighted by Gasteiger charge is 2.41. The van der Waals surface area contributed by atoms with Gasteiger partial charge in [0.15, 0.2) is 0 Å². The molecule has 90 valence electrons. The van der Waals surface area contributed by atoms with Gasteiger partial charge in [-0.1, -0.05) is 26.2 Å². The summed E-state index contributed by atoms with van der Waals surface area (Å²) in [5.41, 5.74) is 0. The van der Waals surface area contributed by atoms with Crippen LogP contribution >= 0.6 is 0 Å². The van der Waals surface area contributed by atoms with Crippen LogP contribution in [-0.2, 0) is 19.2 Å². The summed E-state index contributed by atoms with van der Waals surface area (Å²) < 4.78 is 9.38. The molecule has 0 aliphatic rings. The molecular formula is C10H20O5. The van der Waals surface area contributed by atoms with Crippen LogP contribution in [0.5, 0.6) is 0 Å². The van der Waals surface area contributed by atoms with Gasteiger partial charge in [-0.2, -0.15) is 4.89 Å². The van der Waals surface area contributed by atoms with E-state index in [0.29, 0.717) is 0 Å². The molecule has 0 spiro atoms. The molecule has 0 aromatic rings. The second kappa shape index (κ2) is 7.62. The predicted molar refractivity (Wildman–Crippen MR) is 54.2 cm³/mol. The van der Waals surface area contributed by atoms with Gasteiger partial charge < -0.3 is 9.47 Å². The average molecular weight is 220 g/mol. The number of carbonyl (C=O) groups is 1. The number of methoxy groups -OCH3 is 2. The minimum absolute atomic E-state index is 0.284. The van der Waals surface area contributed by atoms with Gasteiger partial charge in [0.25, 0.3) is 5.79 Å². The smallest absolute Gasteiger partial charge is 0.369 e. The molecule has 1 atom stereocenters. The number of unbranched alkanes of at least 4 members (excludes halogenated alkanes) is 3. The molecule has 0 rings (SSSR count). The van der Waals surface area contributed by atoms with Crippen molar-refractivity contribution in [3.63, 3.8) is 0 Å².